The Balaban J connectivity index is 2.02. The van der Waals surface area contributed by atoms with Crippen molar-refractivity contribution in [2.24, 2.45) is 0 Å². The SMILES string of the molecule is CCc1ccccc1N(CC(=O)Nc1c(CC)cccc1CC)S(=O)(=O)c1ccccc1. The van der Waals surface area contributed by atoms with E-state index in [1.807, 2.05) is 51.1 Å². The smallest absolute Gasteiger partial charge is 0.264 e. The second-order valence-corrected chi connectivity index (χ2v) is 9.38. The van der Waals surface area contributed by atoms with E-state index in [0.717, 1.165) is 35.2 Å². The number of carbonyl (C=O) groups excluding carboxylic acids is 1. The molecule has 0 radical (unpaired) electrons. The fourth-order valence-corrected chi connectivity index (χ4v) is 5.26. The molecule has 0 aromatic heterocycles. The molecule has 0 saturated carbocycles. The zero-order valence-corrected chi connectivity index (χ0v) is 19.7. The van der Waals surface area contributed by atoms with E-state index in [0.29, 0.717) is 12.1 Å². The molecule has 0 saturated heterocycles. The molecule has 3 rings (SSSR count). The fraction of sp³-hybridized carbons (Fsp3) is 0.269. The number of nitrogens with zero attached hydrogens (tertiary/aromatic N) is 1. The van der Waals surface area contributed by atoms with Gasteiger partial charge in [-0.3, -0.25) is 9.10 Å². The minimum atomic E-state index is -3.93. The Morgan fingerprint density at radius 2 is 1.28 bits per heavy atom. The molecule has 3 aromatic carbocycles. The maximum atomic E-state index is 13.6. The highest BCUT2D eigenvalue weighted by molar-refractivity contribution is 7.92. The van der Waals surface area contributed by atoms with E-state index in [1.54, 1.807) is 42.5 Å². The van der Waals surface area contributed by atoms with Crippen molar-refractivity contribution in [1.82, 2.24) is 0 Å². The second kappa shape index (κ2) is 10.5. The summed E-state index contributed by atoms with van der Waals surface area (Å²) in [5.74, 6) is -0.369. The van der Waals surface area contributed by atoms with Gasteiger partial charge in [0.25, 0.3) is 10.0 Å². The Morgan fingerprint density at radius 3 is 1.88 bits per heavy atom. The summed E-state index contributed by atoms with van der Waals surface area (Å²) >= 11 is 0. The van der Waals surface area contributed by atoms with E-state index in [4.69, 9.17) is 0 Å². The number of hydrogen-bond donors (Lipinski definition) is 1. The molecule has 0 atom stereocenters. The summed E-state index contributed by atoms with van der Waals surface area (Å²) in [6.45, 7) is 5.73. The lowest BCUT2D eigenvalue weighted by atomic mass is 10.0. The molecule has 3 aromatic rings. The monoisotopic (exact) mass is 450 g/mol. The topological polar surface area (TPSA) is 66.5 Å². The summed E-state index contributed by atoms with van der Waals surface area (Å²) in [6, 6.07) is 21.5. The van der Waals surface area contributed by atoms with Crippen LogP contribution in [-0.4, -0.2) is 20.9 Å². The molecule has 0 spiro atoms. The minimum absolute atomic E-state index is 0.155. The maximum absolute atomic E-state index is 13.6. The molecule has 0 aliphatic carbocycles. The maximum Gasteiger partial charge on any atom is 0.264 e. The van der Waals surface area contributed by atoms with E-state index < -0.39 is 10.0 Å². The summed E-state index contributed by atoms with van der Waals surface area (Å²) in [5, 5.41) is 3.00. The average Bonchev–Trinajstić information content (AvgIpc) is 2.83. The number of benzene rings is 3. The van der Waals surface area contributed by atoms with E-state index >= 15 is 0 Å². The lowest BCUT2D eigenvalue weighted by Gasteiger charge is -2.26. The van der Waals surface area contributed by atoms with Crippen LogP contribution in [0.5, 0.6) is 0 Å². The van der Waals surface area contributed by atoms with E-state index in [1.165, 1.54) is 4.31 Å². The predicted octanol–water partition coefficient (Wildman–Crippen LogP) is 5.21. The number of sulfonamides is 1. The highest BCUT2D eigenvalue weighted by Crippen LogP contribution is 2.28. The molecule has 6 heteroatoms. The molecule has 1 amide bonds. The van der Waals surface area contributed by atoms with Crippen molar-refractivity contribution >= 4 is 27.3 Å². The van der Waals surface area contributed by atoms with Crippen molar-refractivity contribution in [3.63, 3.8) is 0 Å². The zero-order valence-electron chi connectivity index (χ0n) is 18.8. The van der Waals surface area contributed by atoms with Crippen LogP contribution in [0, 0.1) is 0 Å². The largest absolute Gasteiger partial charge is 0.324 e. The Morgan fingerprint density at radius 1 is 0.750 bits per heavy atom. The van der Waals surface area contributed by atoms with Crippen LogP contribution in [0.2, 0.25) is 0 Å². The molecule has 0 heterocycles. The molecule has 32 heavy (non-hydrogen) atoms. The van der Waals surface area contributed by atoms with Gasteiger partial charge in [0, 0.05) is 5.69 Å². The van der Waals surface area contributed by atoms with E-state index in [9.17, 15) is 13.2 Å². The van der Waals surface area contributed by atoms with Gasteiger partial charge < -0.3 is 5.32 Å². The van der Waals surface area contributed by atoms with Crippen LogP contribution in [0.3, 0.4) is 0 Å². The molecular formula is C26H30N2O3S. The normalized spacial score (nSPS) is 11.2. The quantitative estimate of drug-likeness (QED) is 0.487. The first kappa shape index (κ1) is 23.5. The van der Waals surface area contributed by atoms with Gasteiger partial charge in [0.05, 0.1) is 10.6 Å². The van der Waals surface area contributed by atoms with Gasteiger partial charge in [-0.15, -0.1) is 0 Å². The number of nitrogens with one attached hydrogen (secondary N) is 1. The Bertz CT molecular complexity index is 1150. The predicted molar refractivity (Wildman–Crippen MR) is 131 cm³/mol. The summed E-state index contributed by atoms with van der Waals surface area (Å²) in [4.78, 5) is 13.3. The number of para-hydroxylation sites is 2. The third-order valence-electron chi connectivity index (χ3n) is 5.52. The average molecular weight is 451 g/mol. The van der Waals surface area contributed by atoms with Gasteiger partial charge in [-0.25, -0.2) is 8.42 Å². The van der Waals surface area contributed by atoms with Crippen LogP contribution in [0.25, 0.3) is 0 Å². The highest BCUT2D eigenvalue weighted by atomic mass is 32.2. The molecule has 0 fully saturated rings. The first-order valence-electron chi connectivity index (χ1n) is 11.0. The molecule has 0 aliphatic rings. The van der Waals surface area contributed by atoms with Crippen LogP contribution >= 0.6 is 0 Å². The molecule has 0 aliphatic heterocycles. The number of hydrogen-bond acceptors (Lipinski definition) is 3. The van der Waals surface area contributed by atoms with Gasteiger partial charge in [0.1, 0.15) is 6.54 Å². The Hall–Kier alpha value is -3.12. The summed E-state index contributed by atoms with van der Waals surface area (Å²) in [5.41, 5.74) is 4.23. The first-order valence-corrected chi connectivity index (χ1v) is 12.4. The van der Waals surface area contributed by atoms with Crippen LogP contribution < -0.4 is 9.62 Å². The van der Waals surface area contributed by atoms with Gasteiger partial charge in [0.15, 0.2) is 0 Å². The van der Waals surface area contributed by atoms with Crippen LogP contribution in [0.15, 0.2) is 77.7 Å². The number of carbonyl (C=O) groups is 1. The zero-order chi connectivity index (χ0) is 23.1. The lowest BCUT2D eigenvalue weighted by molar-refractivity contribution is -0.114. The standard InChI is InChI=1S/C26H30N2O3S/c1-4-20-13-10-11-18-24(20)28(32(30,31)23-16-8-7-9-17-23)19-25(29)27-26-21(5-2)14-12-15-22(26)6-3/h7-18H,4-6,19H2,1-3H3,(H,27,29). The van der Waals surface area contributed by atoms with Gasteiger partial charge >= 0.3 is 0 Å². The van der Waals surface area contributed by atoms with Gasteiger partial charge in [0.2, 0.25) is 5.91 Å². The number of rotatable bonds is 9. The summed E-state index contributed by atoms with van der Waals surface area (Å²) in [6.07, 6.45) is 2.19. The Kier molecular flexibility index (Phi) is 7.70. The van der Waals surface area contributed by atoms with Crippen LogP contribution in [0.4, 0.5) is 11.4 Å². The minimum Gasteiger partial charge on any atom is -0.324 e. The second-order valence-electron chi connectivity index (χ2n) is 7.51. The molecule has 0 unspecified atom stereocenters. The van der Waals surface area contributed by atoms with Crippen molar-refractivity contribution in [1.29, 1.82) is 0 Å². The van der Waals surface area contributed by atoms with E-state index in [2.05, 4.69) is 5.32 Å². The fourth-order valence-electron chi connectivity index (χ4n) is 3.78. The summed E-state index contributed by atoms with van der Waals surface area (Å²) in [7, 11) is -3.93. The molecule has 0 bridgehead atoms. The molecule has 5 nitrogen and oxygen atoms in total. The van der Waals surface area contributed by atoms with Gasteiger partial charge in [-0.1, -0.05) is 75.4 Å². The van der Waals surface area contributed by atoms with Crippen molar-refractivity contribution in [2.75, 3.05) is 16.2 Å². The van der Waals surface area contributed by atoms with Crippen molar-refractivity contribution in [2.45, 2.75) is 44.9 Å². The Labute approximate surface area is 191 Å². The lowest BCUT2D eigenvalue weighted by Crippen LogP contribution is -2.39. The third-order valence-corrected chi connectivity index (χ3v) is 7.30. The van der Waals surface area contributed by atoms with Crippen LogP contribution in [-0.2, 0) is 34.1 Å². The van der Waals surface area contributed by atoms with Gasteiger partial charge in [-0.2, -0.15) is 0 Å². The third kappa shape index (κ3) is 5.02. The first-order chi connectivity index (χ1) is 15.4. The number of anilines is 2. The number of amides is 1. The van der Waals surface area contributed by atoms with Crippen molar-refractivity contribution in [3.8, 4) is 0 Å². The van der Waals surface area contributed by atoms with Crippen molar-refractivity contribution < 1.29 is 13.2 Å². The molecular weight excluding hydrogens is 420 g/mol. The molecule has 1 N–H and O–H groups in total. The summed E-state index contributed by atoms with van der Waals surface area (Å²) < 4.78 is 28.4. The molecule has 168 valence electrons. The van der Waals surface area contributed by atoms with Crippen molar-refractivity contribution in [3.05, 3.63) is 89.5 Å². The van der Waals surface area contributed by atoms with E-state index in [-0.39, 0.29) is 17.3 Å². The van der Waals surface area contributed by atoms with Crippen LogP contribution in [0.1, 0.15) is 37.5 Å². The van der Waals surface area contributed by atoms with Gasteiger partial charge in [-0.05, 0) is 54.2 Å². The number of aryl methyl sites for hydroxylation is 3. The highest BCUT2D eigenvalue weighted by Gasteiger charge is 2.28.